The maximum absolute atomic E-state index is 12.3. The number of hydrogen-bond donors (Lipinski definition) is 0. The van der Waals surface area contributed by atoms with Crippen LogP contribution < -0.4 is 4.74 Å². The van der Waals surface area contributed by atoms with E-state index in [2.05, 4.69) is 6.92 Å². The molecule has 0 spiro atoms. The molecule has 24 heavy (non-hydrogen) atoms. The standard InChI is InChI=1S/C17H20N2O5/c1-12-4-6-18(7-5-12)16(20)3-2-13-8-15(19(21)22)9-14-10-23-11-24-17(13)14/h2-3,8-9,12H,4-7,10-11H2,1H3. The van der Waals surface area contributed by atoms with Crippen molar-refractivity contribution in [3.05, 3.63) is 39.4 Å². The SMILES string of the molecule is CC1CCN(C(=O)C=Cc2cc([N+](=O)[O-])cc3c2OCOC3)CC1. The Kier molecular flexibility index (Phi) is 4.80. The summed E-state index contributed by atoms with van der Waals surface area (Å²) < 4.78 is 10.6. The number of carbonyl (C=O) groups is 1. The van der Waals surface area contributed by atoms with E-state index in [0.717, 1.165) is 25.9 Å². The van der Waals surface area contributed by atoms with Crippen LogP contribution in [0.15, 0.2) is 18.2 Å². The number of nitrogens with zero attached hydrogens (tertiary/aromatic N) is 2. The molecule has 2 heterocycles. The number of nitro groups is 1. The minimum absolute atomic E-state index is 0.0400. The molecular weight excluding hydrogens is 312 g/mol. The van der Waals surface area contributed by atoms with Crippen molar-refractivity contribution in [2.75, 3.05) is 19.9 Å². The van der Waals surface area contributed by atoms with Crippen molar-refractivity contribution >= 4 is 17.7 Å². The van der Waals surface area contributed by atoms with Gasteiger partial charge in [0.05, 0.1) is 11.5 Å². The first kappa shape index (κ1) is 16.4. The van der Waals surface area contributed by atoms with Gasteiger partial charge < -0.3 is 14.4 Å². The first-order valence-electron chi connectivity index (χ1n) is 8.03. The smallest absolute Gasteiger partial charge is 0.270 e. The molecule has 0 N–H and O–H groups in total. The van der Waals surface area contributed by atoms with Gasteiger partial charge in [-0.3, -0.25) is 14.9 Å². The molecule has 1 saturated heterocycles. The number of non-ortho nitro benzene ring substituents is 1. The molecule has 1 aromatic carbocycles. The quantitative estimate of drug-likeness (QED) is 0.483. The summed E-state index contributed by atoms with van der Waals surface area (Å²) in [5, 5.41) is 11.1. The van der Waals surface area contributed by atoms with Gasteiger partial charge in [-0.2, -0.15) is 0 Å². The zero-order valence-corrected chi connectivity index (χ0v) is 13.6. The van der Waals surface area contributed by atoms with Gasteiger partial charge in [0, 0.05) is 42.4 Å². The van der Waals surface area contributed by atoms with Gasteiger partial charge in [-0.15, -0.1) is 0 Å². The van der Waals surface area contributed by atoms with Crippen molar-refractivity contribution < 1.29 is 19.2 Å². The number of nitro benzene ring substituents is 1. The highest BCUT2D eigenvalue weighted by Gasteiger charge is 2.21. The van der Waals surface area contributed by atoms with Gasteiger partial charge in [0.1, 0.15) is 5.75 Å². The molecule has 0 bridgehead atoms. The average Bonchev–Trinajstić information content (AvgIpc) is 2.59. The van der Waals surface area contributed by atoms with Crippen molar-refractivity contribution in [3.8, 4) is 5.75 Å². The van der Waals surface area contributed by atoms with E-state index < -0.39 is 4.92 Å². The molecule has 2 aliphatic rings. The molecule has 7 heteroatoms. The third-order valence-electron chi connectivity index (χ3n) is 4.44. The minimum atomic E-state index is -0.458. The fraction of sp³-hybridized carbons (Fsp3) is 0.471. The molecule has 0 unspecified atom stereocenters. The van der Waals surface area contributed by atoms with Gasteiger partial charge in [0.2, 0.25) is 5.91 Å². The lowest BCUT2D eigenvalue weighted by Gasteiger charge is -2.29. The molecule has 0 atom stereocenters. The van der Waals surface area contributed by atoms with Crippen LogP contribution in [0.1, 0.15) is 30.9 Å². The number of amides is 1. The number of ether oxygens (including phenoxy) is 2. The number of hydrogen-bond acceptors (Lipinski definition) is 5. The van der Waals surface area contributed by atoms with Gasteiger partial charge in [-0.1, -0.05) is 6.92 Å². The first-order chi connectivity index (χ1) is 11.5. The lowest BCUT2D eigenvalue weighted by molar-refractivity contribution is -0.385. The van der Waals surface area contributed by atoms with Crippen molar-refractivity contribution in [1.82, 2.24) is 4.90 Å². The summed E-state index contributed by atoms with van der Waals surface area (Å²) in [6.45, 7) is 4.05. The highest BCUT2D eigenvalue weighted by atomic mass is 16.7. The summed E-state index contributed by atoms with van der Waals surface area (Å²) in [5.74, 6) is 1.12. The van der Waals surface area contributed by atoms with Crippen LogP contribution in [0, 0.1) is 16.0 Å². The summed E-state index contributed by atoms with van der Waals surface area (Å²) in [6, 6.07) is 2.87. The van der Waals surface area contributed by atoms with Crippen LogP contribution >= 0.6 is 0 Å². The van der Waals surface area contributed by atoms with E-state index in [9.17, 15) is 14.9 Å². The summed E-state index contributed by atoms with van der Waals surface area (Å²) in [7, 11) is 0. The maximum Gasteiger partial charge on any atom is 0.270 e. The Morgan fingerprint density at radius 1 is 1.38 bits per heavy atom. The molecule has 3 rings (SSSR count). The summed E-state index contributed by atoms with van der Waals surface area (Å²) in [4.78, 5) is 24.7. The summed E-state index contributed by atoms with van der Waals surface area (Å²) in [5.41, 5.74) is 1.11. The molecule has 7 nitrogen and oxygen atoms in total. The Morgan fingerprint density at radius 3 is 2.83 bits per heavy atom. The monoisotopic (exact) mass is 332 g/mol. The second kappa shape index (κ2) is 7.00. The molecular formula is C17H20N2O5. The van der Waals surface area contributed by atoms with Crippen molar-refractivity contribution in [2.45, 2.75) is 26.4 Å². The molecule has 0 radical (unpaired) electrons. The highest BCUT2D eigenvalue weighted by molar-refractivity contribution is 5.92. The van der Waals surface area contributed by atoms with Crippen LogP contribution in [0.3, 0.4) is 0 Å². The van der Waals surface area contributed by atoms with E-state index in [0.29, 0.717) is 22.8 Å². The van der Waals surface area contributed by atoms with E-state index >= 15 is 0 Å². The number of rotatable bonds is 3. The van der Waals surface area contributed by atoms with E-state index in [1.54, 1.807) is 6.08 Å². The van der Waals surface area contributed by atoms with E-state index in [-0.39, 0.29) is 25.0 Å². The molecule has 1 amide bonds. The average molecular weight is 332 g/mol. The van der Waals surface area contributed by atoms with Crippen LogP contribution in [-0.2, 0) is 16.1 Å². The maximum atomic E-state index is 12.3. The third-order valence-corrected chi connectivity index (χ3v) is 4.44. The second-order valence-corrected chi connectivity index (χ2v) is 6.23. The van der Waals surface area contributed by atoms with Gasteiger partial charge >= 0.3 is 0 Å². The molecule has 1 aromatic rings. The molecule has 0 aliphatic carbocycles. The fourth-order valence-electron chi connectivity index (χ4n) is 2.96. The van der Waals surface area contributed by atoms with Crippen LogP contribution in [0.2, 0.25) is 0 Å². The van der Waals surface area contributed by atoms with Crippen LogP contribution in [0.4, 0.5) is 5.69 Å². The predicted octanol–water partition coefficient (Wildman–Crippen LogP) is 2.73. The van der Waals surface area contributed by atoms with Gasteiger partial charge in [-0.25, -0.2) is 0 Å². The van der Waals surface area contributed by atoms with Crippen molar-refractivity contribution in [2.24, 2.45) is 5.92 Å². The predicted molar refractivity (Wildman–Crippen MR) is 87.4 cm³/mol. The zero-order chi connectivity index (χ0) is 17.1. The number of carbonyl (C=O) groups excluding carboxylic acids is 1. The molecule has 128 valence electrons. The van der Waals surface area contributed by atoms with Gasteiger partial charge in [0.25, 0.3) is 5.69 Å². The summed E-state index contributed by atoms with van der Waals surface area (Å²) >= 11 is 0. The fourth-order valence-corrected chi connectivity index (χ4v) is 2.96. The zero-order valence-electron chi connectivity index (χ0n) is 13.6. The van der Waals surface area contributed by atoms with Gasteiger partial charge in [0.15, 0.2) is 6.79 Å². The lowest BCUT2D eigenvalue weighted by Crippen LogP contribution is -2.36. The van der Waals surface area contributed by atoms with Crippen molar-refractivity contribution in [3.63, 3.8) is 0 Å². The summed E-state index contributed by atoms with van der Waals surface area (Å²) in [6.07, 6.45) is 5.07. The number of fused-ring (bicyclic) bond motifs is 1. The molecule has 1 fully saturated rings. The normalized spacial score (nSPS) is 18.3. The van der Waals surface area contributed by atoms with E-state index in [1.165, 1.54) is 18.2 Å². The molecule has 2 aliphatic heterocycles. The molecule has 0 saturated carbocycles. The van der Waals surface area contributed by atoms with E-state index in [4.69, 9.17) is 9.47 Å². The van der Waals surface area contributed by atoms with Crippen LogP contribution in [0.5, 0.6) is 5.75 Å². The Morgan fingerprint density at radius 2 is 2.12 bits per heavy atom. The highest BCUT2D eigenvalue weighted by Crippen LogP contribution is 2.33. The number of piperidine rings is 1. The Hall–Kier alpha value is -2.41. The first-order valence-corrected chi connectivity index (χ1v) is 8.03. The largest absolute Gasteiger partial charge is 0.467 e. The van der Waals surface area contributed by atoms with Crippen molar-refractivity contribution in [1.29, 1.82) is 0 Å². The van der Waals surface area contributed by atoms with E-state index in [1.807, 2.05) is 4.90 Å². The molecule has 0 aromatic heterocycles. The Bertz CT molecular complexity index is 678. The number of benzene rings is 1. The lowest BCUT2D eigenvalue weighted by atomic mass is 9.99. The van der Waals surface area contributed by atoms with Gasteiger partial charge in [-0.05, 0) is 24.8 Å². The Balaban J connectivity index is 1.82. The Labute approximate surface area is 140 Å². The van der Waals surface area contributed by atoms with Crippen LogP contribution in [0.25, 0.3) is 6.08 Å². The minimum Gasteiger partial charge on any atom is -0.467 e. The van der Waals surface area contributed by atoms with Crippen LogP contribution in [-0.4, -0.2) is 35.6 Å². The third kappa shape index (κ3) is 3.56. The second-order valence-electron chi connectivity index (χ2n) is 6.23. The topological polar surface area (TPSA) is 81.9 Å². The number of likely N-dealkylation sites (tertiary alicyclic amines) is 1.